The van der Waals surface area contributed by atoms with E-state index in [4.69, 9.17) is 0 Å². The van der Waals surface area contributed by atoms with Gasteiger partial charge in [0.1, 0.15) is 9.46 Å². The molecule has 0 aliphatic rings. The molecule has 1 heterocycles. The molecule has 1 aromatic heterocycles. The van der Waals surface area contributed by atoms with Crippen LogP contribution in [0.2, 0.25) is 0 Å². The summed E-state index contributed by atoms with van der Waals surface area (Å²) in [5, 5.41) is 0.735. The molecule has 0 unspecified atom stereocenters. The van der Waals surface area contributed by atoms with Gasteiger partial charge in [-0.2, -0.15) is 0 Å². The minimum absolute atomic E-state index is 0.0897. The molecule has 1 N–H and O–H groups in total. The van der Waals surface area contributed by atoms with E-state index in [0.717, 1.165) is 11.3 Å². The zero-order valence-electron chi connectivity index (χ0n) is 12.0. The van der Waals surface area contributed by atoms with Crippen LogP contribution in [0.3, 0.4) is 0 Å². The van der Waals surface area contributed by atoms with Gasteiger partial charge >= 0.3 is 0 Å². The first kappa shape index (κ1) is 17.1. The van der Waals surface area contributed by atoms with Crippen molar-refractivity contribution in [3.05, 3.63) is 53.4 Å². The highest BCUT2D eigenvalue weighted by Crippen LogP contribution is 2.31. The summed E-state index contributed by atoms with van der Waals surface area (Å²) in [4.78, 5) is 0. The highest BCUT2D eigenvalue weighted by molar-refractivity contribution is 7.93. The maximum absolute atomic E-state index is 12.8. The molecule has 0 fully saturated rings. The molecule has 0 radical (unpaired) electrons. The average Bonchev–Trinajstić information content (AvgIpc) is 3.03. The van der Waals surface area contributed by atoms with Crippen LogP contribution in [-0.2, 0) is 19.9 Å². The van der Waals surface area contributed by atoms with E-state index in [9.17, 15) is 16.8 Å². The molecule has 0 amide bonds. The topological polar surface area (TPSA) is 80.3 Å². The van der Waals surface area contributed by atoms with E-state index in [0.29, 0.717) is 5.56 Å². The number of rotatable bonds is 7. The van der Waals surface area contributed by atoms with Gasteiger partial charge in [-0.1, -0.05) is 36.4 Å². The predicted molar refractivity (Wildman–Crippen MR) is 88.2 cm³/mol. The Hall–Kier alpha value is -1.22. The van der Waals surface area contributed by atoms with Crippen LogP contribution in [0.4, 0.5) is 0 Å². The van der Waals surface area contributed by atoms with Crippen molar-refractivity contribution in [2.45, 2.75) is 16.4 Å². The first-order valence-electron chi connectivity index (χ1n) is 6.66. The molecular formula is C14H17NO4S3. The molecule has 0 aliphatic carbocycles. The molecule has 0 bridgehead atoms. The van der Waals surface area contributed by atoms with Crippen molar-refractivity contribution in [3.8, 4) is 0 Å². The molecular weight excluding hydrogens is 342 g/mol. The summed E-state index contributed by atoms with van der Waals surface area (Å²) < 4.78 is 51.4. The molecule has 0 saturated heterocycles. The lowest BCUT2D eigenvalue weighted by atomic mass is 10.1. The Labute approximate surface area is 135 Å². The highest BCUT2D eigenvalue weighted by atomic mass is 32.2. The maximum atomic E-state index is 12.8. The Morgan fingerprint density at radius 1 is 1.05 bits per heavy atom. The number of hydrogen-bond acceptors (Lipinski definition) is 5. The first-order chi connectivity index (χ1) is 10.4. The summed E-state index contributed by atoms with van der Waals surface area (Å²) in [7, 11) is -7.11. The van der Waals surface area contributed by atoms with Gasteiger partial charge in [-0.15, -0.1) is 11.3 Å². The highest BCUT2D eigenvalue weighted by Gasteiger charge is 2.30. The SMILES string of the molecule is CCS(=O)(=O)NC[C@@H](c1ccccc1)S(=O)(=O)c1cccs1. The van der Waals surface area contributed by atoms with Crippen LogP contribution in [-0.4, -0.2) is 29.1 Å². The van der Waals surface area contributed by atoms with Crippen LogP contribution in [0, 0.1) is 0 Å². The summed E-state index contributed by atoms with van der Waals surface area (Å²) in [6.45, 7) is 1.33. The Balaban J connectivity index is 2.39. The van der Waals surface area contributed by atoms with Crippen molar-refractivity contribution in [1.82, 2.24) is 4.72 Å². The molecule has 2 aromatic rings. The summed E-state index contributed by atoms with van der Waals surface area (Å²) >= 11 is 1.13. The van der Waals surface area contributed by atoms with Gasteiger partial charge in [0.25, 0.3) is 0 Å². The second-order valence-electron chi connectivity index (χ2n) is 4.63. The number of sulfone groups is 1. The van der Waals surface area contributed by atoms with E-state index in [2.05, 4.69) is 4.72 Å². The third kappa shape index (κ3) is 3.95. The Bertz CT molecular complexity index is 797. The zero-order chi connectivity index (χ0) is 16.2. The van der Waals surface area contributed by atoms with Gasteiger partial charge in [0, 0.05) is 6.54 Å². The van der Waals surface area contributed by atoms with Gasteiger partial charge in [-0.25, -0.2) is 21.6 Å². The molecule has 2 rings (SSSR count). The van der Waals surface area contributed by atoms with E-state index in [1.54, 1.807) is 41.8 Å². The minimum Gasteiger partial charge on any atom is -0.222 e. The van der Waals surface area contributed by atoms with E-state index >= 15 is 0 Å². The second kappa shape index (κ2) is 6.91. The van der Waals surface area contributed by atoms with Gasteiger partial charge in [-0.05, 0) is 23.9 Å². The number of hydrogen-bond donors (Lipinski definition) is 1. The van der Waals surface area contributed by atoms with Gasteiger partial charge in [0.2, 0.25) is 10.0 Å². The minimum atomic E-state index is -3.65. The fourth-order valence-electron chi connectivity index (χ4n) is 1.94. The van der Waals surface area contributed by atoms with Crippen molar-refractivity contribution in [1.29, 1.82) is 0 Å². The molecule has 22 heavy (non-hydrogen) atoms. The van der Waals surface area contributed by atoms with Gasteiger partial charge in [-0.3, -0.25) is 0 Å². The molecule has 5 nitrogen and oxygen atoms in total. The second-order valence-corrected chi connectivity index (χ2v) is 10.0. The normalized spacial score (nSPS) is 13.9. The summed E-state index contributed by atoms with van der Waals surface area (Å²) in [5.74, 6) is -0.0897. The van der Waals surface area contributed by atoms with E-state index in [1.807, 2.05) is 0 Å². The molecule has 0 saturated carbocycles. The van der Waals surface area contributed by atoms with Crippen LogP contribution in [0.5, 0.6) is 0 Å². The number of benzene rings is 1. The number of thiophene rings is 1. The first-order valence-corrected chi connectivity index (χ1v) is 10.7. The smallest absolute Gasteiger partial charge is 0.211 e. The molecule has 0 aliphatic heterocycles. The summed E-state index contributed by atoms with van der Waals surface area (Å²) in [6, 6.07) is 11.8. The lowest BCUT2D eigenvalue weighted by molar-refractivity contribution is 0.570. The van der Waals surface area contributed by atoms with Crippen molar-refractivity contribution >= 4 is 31.2 Å². The monoisotopic (exact) mass is 359 g/mol. The number of sulfonamides is 1. The quantitative estimate of drug-likeness (QED) is 0.822. The molecule has 120 valence electrons. The van der Waals surface area contributed by atoms with Crippen LogP contribution in [0.1, 0.15) is 17.7 Å². The summed E-state index contributed by atoms with van der Waals surface area (Å²) in [5.41, 5.74) is 0.565. The van der Waals surface area contributed by atoms with Crippen LogP contribution >= 0.6 is 11.3 Å². The fraction of sp³-hybridized carbons (Fsp3) is 0.286. The Morgan fingerprint density at radius 3 is 2.27 bits per heavy atom. The third-order valence-corrected chi connectivity index (χ3v) is 8.09. The van der Waals surface area contributed by atoms with E-state index in [1.165, 1.54) is 13.0 Å². The standard InChI is InChI=1S/C14H17NO4S3/c1-2-21(16,17)15-11-13(12-7-4-3-5-8-12)22(18,19)14-9-6-10-20-14/h3-10,13,15H,2,11H2,1H3/t13-/m0/s1. The maximum Gasteiger partial charge on any atom is 0.211 e. The third-order valence-electron chi connectivity index (χ3n) is 3.19. The van der Waals surface area contributed by atoms with Gasteiger partial charge in [0.05, 0.1) is 5.75 Å². The van der Waals surface area contributed by atoms with Gasteiger partial charge < -0.3 is 0 Å². The van der Waals surface area contributed by atoms with Crippen molar-refractivity contribution in [2.75, 3.05) is 12.3 Å². The number of nitrogens with one attached hydrogen (secondary N) is 1. The Morgan fingerprint density at radius 2 is 1.73 bits per heavy atom. The molecule has 1 atom stereocenters. The molecule has 1 aromatic carbocycles. The van der Waals surface area contributed by atoms with Gasteiger partial charge in [0.15, 0.2) is 9.84 Å². The predicted octanol–water partition coefficient (Wildman–Crippen LogP) is 2.20. The van der Waals surface area contributed by atoms with Crippen LogP contribution in [0.15, 0.2) is 52.1 Å². The fourth-order valence-corrected chi connectivity index (χ4v) is 5.54. The largest absolute Gasteiger partial charge is 0.222 e. The van der Waals surface area contributed by atoms with Crippen LogP contribution in [0.25, 0.3) is 0 Å². The summed E-state index contributed by atoms with van der Waals surface area (Å²) in [6.07, 6.45) is 0. The lowest BCUT2D eigenvalue weighted by Crippen LogP contribution is -2.32. The van der Waals surface area contributed by atoms with E-state index in [-0.39, 0.29) is 16.5 Å². The lowest BCUT2D eigenvalue weighted by Gasteiger charge is -2.18. The van der Waals surface area contributed by atoms with Crippen molar-refractivity contribution in [2.24, 2.45) is 0 Å². The molecule has 0 spiro atoms. The van der Waals surface area contributed by atoms with Crippen LogP contribution < -0.4 is 4.72 Å². The van der Waals surface area contributed by atoms with E-state index < -0.39 is 25.1 Å². The zero-order valence-corrected chi connectivity index (χ0v) is 14.4. The Kier molecular flexibility index (Phi) is 5.38. The average molecular weight is 359 g/mol. The molecule has 8 heteroatoms. The van der Waals surface area contributed by atoms with Crippen molar-refractivity contribution < 1.29 is 16.8 Å². The van der Waals surface area contributed by atoms with Crippen molar-refractivity contribution in [3.63, 3.8) is 0 Å².